The van der Waals surface area contributed by atoms with E-state index in [-0.39, 0.29) is 11.9 Å². The molecule has 0 atom stereocenters. The smallest absolute Gasteiger partial charge is 0.255 e. The molecule has 1 aliphatic rings. The molecule has 33 heavy (non-hydrogen) atoms. The van der Waals surface area contributed by atoms with Gasteiger partial charge in [0.2, 0.25) is 0 Å². The molecule has 8 heteroatoms. The van der Waals surface area contributed by atoms with Crippen LogP contribution in [0.2, 0.25) is 0 Å². The molecule has 0 saturated heterocycles. The van der Waals surface area contributed by atoms with Crippen molar-refractivity contribution in [1.29, 1.82) is 0 Å². The number of carbonyl (C=O) groups excluding carboxylic acids is 1. The van der Waals surface area contributed by atoms with Crippen LogP contribution in [-0.4, -0.2) is 36.6 Å². The molecule has 1 amide bonds. The molecule has 0 unspecified atom stereocenters. The third-order valence-corrected chi connectivity index (χ3v) is 6.70. The minimum Gasteiger partial charge on any atom is -0.467 e. The summed E-state index contributed by atoms with van der Waals surface area (Å²) < 4.78 is 7.30. The van der Waals surface area contributed by atoms with Gasteiger partial charge in [0.1, 0.15) is 12.3 Å². The molecule has 5 aromatic heterocycles. The van der Waals surface area contributed by atoms with Crippen molar-refractivity contribution >= 4 is 28.3 Å². The van der Waals surface area contributed by atoms with Gasteiger partial charge in [-0.2, -0.15) is 5.10 Å². The summed E-state index contributed by atoms with van der Waals surface area (Å²) in [5, 5.41) is 7.35. The highest BCUT2D eigenvalue weighted by Gasteiger charge is 2.34. The predicted octanol–water partition coefficient (Wildman–Crippen LogP) is 5.00. The molecule has 5 heterocycles. The molecule has 0 aromatic carbocycles. The molecule has 6 rings (SSSR count). The second-order valence-corrected chi connectivity index (χ2v) is 9.19. The summed E-state index contributed by atoms with van der Waals surface area (Å²) in [7, 11) is 0. The Morgan fingerprint density at radius 3 is 2.85 bits per heavy atom. The van der Waals surface area contributed by atoms with Gasteiger partial charge in [0, 0.05) is 28.9 Å². The molecule has 1 aliphatic carbocycles. The highest BCUT2D eigenvalue weighted by molar-refractivity contribution is 7.09. The van der Waals surface area contributed by atoms with Crippen molar-refractivity contribution in [3.05, 3.63) is 88.9 Å². The lowest BCUT2D eigenvalue weighted by Crippen LogP contribution is -2.32. The van der Waals surface area contributed by atoms with Crippen LogP contribution in [0.25, 0.3) is 22.3 Å². The molecule has 0 bridgehead atoms. The first kappa shape index (κ1) is 19.9. The van der Waals surface area contributed by atoms with Crippen LogP contribution < -0.4 is 0 Å². The normalized spacial score (nSPS) is 13.5. The molecule has 0 spiro atoms. The number of rotatable bonds is 7. The molecular formula is C25H21N5O2S. The third-order valence-electron chi connectivity index (χ3n) is 5.84. The first-order valence-electron chi connectivity index (χ1n) is 10.9. The zero-order chi connectivity index (χ0) is 22.2. The van der Waals surface area contributed by atoms with Gasteiger partial charge in [0.25, 0.3) is 5.91 Å². The third kappa shape index (κ3) is 3.93. The number of carbonyl (C=O) groups is 1. The van der Waals surface area contributed by atoms with Gasteiger partial charge in [-0.15, -0.1) is 11.3 Å². The Hall–Kier alpha value is -3.78. The number of hydrogen-bond donors (Lipinski definition) is 0. The Morgan fingerprint density at radius 2 is 2.12 bits per heavy atom. The Labute approximate surface area is 194 Å². The fourth-order valence-corrected chi connectivity index (χ4v) is 4.73. The average Bonchev–Trinajstić information content (AvgIpc) is 3.21. The van der Waals surface area contributed by atoms with Crippen LogP contribution in [0.1, 0.15) is 33.8 Å². The second kappa shape index (κ2) is 8.29. The van der Waals surface area contributed by atoms with Crippen LogP contribution in [0, 0.1) is 0 Å². The number of amides is 1. The van der Waals surface area contributed by atoms with E-state index in [9.17, 15) is 4.79 Å². The minimum absolute atomic E-state index is 0.0148. The van der Waals surface area contributed by atoms with E-state index >= 15 is 0 Å². The highest BCUT2D eigenvalue weighted by Crippen LogP contribution is 2.33. The van der Waals surface area contributed by atoms with Crippen molar-refractivity contribution in [1.82, 2.24) is 24.6 Å². The van der Waals surface area contributed by atoms with Gasteiger partial charge in [-0.1, -0.05) is 6.07 Å². The predicted molar refractivity (Wildman–Crippen MR) is 126 cm³/mol. The molecule has 1 saturated carbocycles. The number of fused-ring (bicyclic) bond motifs is 1. The van der Waals surface area contributed by atoms with E-state index in [2.05, 4.69) is 21.5 Å². The number of hydrogen-bond acceptors (Lipinski definition) is 6. The Balaban J connectivity index is 1.46. The lowest BCUT2D eigenvalue weighted by Gasteiger charge is -2.22. The maximum absolute atomic E-state index is 13.9. The van der Waals surface area contributed by atoms with Crippen LogP contribution in [0.3, 0.4) is 0 Å². The van der Waals surface area contributed by atoms with E-state index < -0.39 is 0 Å². The maximum atomic E-state index is 13.9. The zero-order valence-corrected chi connectivity index (χ0v) is 18.6. The number of nitrogens with zero attached hydrogens (tertiary/aromatic N) is 5. The summed E-state index contributed by atoms with van der Waals surface area (Å²) in [5.74, 6) is 0.791. The van der Waals surface area contributed by atoms with Crippen molar-refractivity contribution in [3.63, 3.8) is 0 Å². The molecule has 0 aliphatic heterocycles. The largest absolute Gasteiger partial charge is 0.467 e. The second-order valence-electron chi connectivity index (χ2n) is 8.16. The topological polar surface area (TPSA) is 77.0 Å². The van der Waals surface area contributed by atoms with E-state index in [0.717, 1.165) is 29.6 Å². The molecular weight excluding hydrogens is 434 g/mol. The molecule has 7 nitrogen and oxygen atoms in total. The standard InChI is InChI=1S/C25H21N5O2S/c31-25(29(18-7-8-18)16-20-6-3-11-33-20)21-12-23(17-4-1-9-26-13-17)28-24-22(21)14-27-30(24)15-19-5-2-10-32-19/h1-6,9-14,18H,7-8,15-16H2. The van der Waals surface area contributed by atoms with Gasteiger partial charge >= 0.3 is 0 Å². The van der Waals surface area contributed by atoms with Crippen molar-refractivity contribution in [2.24, 2.45) is 0 Å². The summed E-state index contributed by atoms with van der Waals surface area (Å²) in [5.41, 5.74) is 2.83. The van der Waals surface area contributed by atoms with E-state index in [1.54, 1.807) is 40.9 Å². The van der Waals surface area contributed by atoms with Crippen molar-refractivity contribution in [3.8, 4) is 11.3 Å². The lowest BCUT2D eigenvalue weighted by molar-refractivity contribution is 0.0733. The summed E-state index contributed by atoms with van der Waals surface area (Å²) in [6, 6.07) is 13.8. The van der Waals surface area contributed by atoms with Crippen LogP contribution in [0.4, 0.5) is 0 Å². The molecule has 0 radical (unpaired) electrons. The average molecular weight is 456 g/mol. The molecule has 0 N–H and O–H groups in total. The number of aromatic nitrogens is 4. The van der Waals surface area contributed by atoms with Gasteiger partial charge < -0.3 is 9.32 Å². The van der Waals surface area contributed by atoms with E-state index in [1.165, 1.54) is 4.88 Å². The fraction of sp³-hybridized carbons (Fsp3) is 0.200. The van der Waals surface area contributed by atoms with Crippen molar-refractivity contribution < 1.29 is 9.21 Å². The van der Waals surface area contributed by atoms with Gasteiger partial charge in [-0.25, -0.2) is 9.67 Å². The Kier molecular flexibility index (Phi) is 4.99. The molecule has 1 fully saturated rings. The summed E-state index contributed by atoms with van der Waals surface area (Å²) in [6.45, 7) is 1.06. The van der Waals surface area contributed by atoms with Crippen LogP contribution in [-0.2, 0) is 13.1 Å². The maximum Gasteiger partial charge on any atom is 0.255 e. The summed E-state index contributed by atoms with van der Waals surface area (Å²) >= 11 is 1.68. The van der Waals surface area contributed by atoms with Gasteiger partial charge in [-0.3, -0.25) is 9.78 Å². The SMILES string of the molecule is O=C(c1cc(-c2cccnc2)nc2c1cnn2Cc1ccco1)N(Cc1cccs1)C1CC1. The van der Waals surface area contributed by atoms with Crippen molar-refractivity contribution in [2.45, 2.75) is 32.0 Å². The zero-order valence-electron chi connectivity index (χ0n) is 17.8. The number of pyridine rings is 2. The van der Waals surface area contributed by atoms with E-state index in [0.29, 0.717) is 30.0 Å². The van der Waals surface area contributed by atoms with Crippen molar-refractivity contribution in [2.75, 3.05) is 0 Å². The monoisotopic (exact) mass is 455 g/mol. The molecule has 5 aromatic rings. The van der Waals surface area contributed by atoms with E-state index in [4.69, 9.17) is 9.40 Å². The van der Waals surface area contributed by atoms with Crippen LogP contribution in [0.5, 0.6) is 0 Å². The van der Waals surface area contributed by atoms with E-state index in [1.807, 2.05) is 41.3 Å². The van der Waals surface area contributed by atoms with Crippen LogP contribution >= 0.6 is 11.3 Å². The first-order chi connectivity index (χ1) is 16.3. The molecule has 164 valence electrons. The highest BCUT2D eigenvalue weighted by atomic mass is 32.1. The van der Waals surface area contributed by atoms with Crippen LogP contribution in [0.15, 0.2) is 77.1 Å². The summed E-state index contributed by atoms with van der Waals surface area (Å²) in [4.78, 5) is 26.2. The Morgan fingerprint density at radius 1 is 1.18 bits per heavy atom. The van der Waals surface area contributed by atoms with Gasteiger partial charge in [0.15, 0.2) is 5.65 Å². The quantitative estimate of drug-likeness (QED) is 0.345. The van der Waals surface area contributed by atoms with Gasteiger partial charge in [-0.05, 0) is 54.6 Å². The number of thiophene rings is 1. The Bertz CT molecular complexity index is 1390. The minimum atomic E-state index is 0.0148. The van der Waals surface area contributed by atoms with Gasteiger partial charge in [0.05, 0.1) is 35.6 Å². The first-order valence-corrected chi connectivity index (χ1v) is 11.8. The summed E-state index contributed by atoms with van der Waals surface area (Å²) in [6.07, 6.45) is 8.95. The fourth-order valence-electron chi connectivity index (χ4n) is 4.03. The number of furan rings is 1. The lowest BCUT2D eigenvalue weighted by atomic mass is 10.1.